The Bertz CT molecular complexity index is 347. The third kappa shape index (κ3) is 3.40. The van der Waals surface area contributed by atoms with E-state index in [4.69, 9.17) is 5.73 Å². The summed E-state index contributed by atoms with van der Waals surface area (Å²) in [6, 6.07) is 4.44. The predicted molar refractivity (Wildman–Crippen MR) is 70.0 cm³/mol. The van der Waals surface area contributed by atoms with E-state index < -0.39 is 0 Å². The molecular formula is C13H22N4. The van der Waals surface area contributed by atoms with Crippen LogP contribution < -0.4 is 10.6 Å². The lowest BCUT2D eigenvalue weighted by atomic mass is 10.1. The van der Waals surface area contributed by atoms with Gasteiger partial charge in [0.05, 0.1) is 5.69 Å². The first-order valence-corrected chi connectivity index (χ1v) is 6.48. The Morgan fingerprint density at radius 3 is 2.82 bits per heavy atom. The molecule has 1 atom stereocenters. The van der Waals surface area contributed by atoms with Crippen LogP contribution in [0.5, 0.6) is 0 Å². The fourth-order valence-electron chi connectivity index (χ4n) is 2.27. The number of rotatable bonds is 3. The van der Waals surface area contributed by atoms with Gasteiger partial charge in [0, 0.05) is 19.1 Å². The van der Waals surface area contributed by atoms with Crippen molar-refractivity contribution in [3.8, 4) is 0 Å². The van der Waals surface area contributed by atoms with Gasteiger partial charge in [-0.15, -0.1) is 5.10 Å². The predicted octanol–water partition coefficient (Wildman–Crippen LogP) is 1.60. The number of hydrogen-bond donors (Lipinski definition) is 1. The fourth-order valence-corrected chi connectivity index (χ4v) is 2.27. The Balaban J connectivity index is 2.01. The van der Waals surface area contributed by atoms with E-state index >= 15 is 0 Å². The molecule has 4 nitrogen and oxygen atoms in total. The van der Waals surface area contributed by atoms with Crippen molar-refractivity contribution < 1.29 is 0 Å². The summed E-state index contributed by atoms with van der Waals surface area (Å²) in [4.78, 5) is 2.24. The molecule has 0 aliphatic carbocycles. The van der Waals surface area contributed by atoms with Gasteiger partial charge in [0.15, 0.2) is 5.82 Å². The summed E-state index contributed by atoms with van der Waals surface area (Å²) in [5.41, 5.74) is 7.04. The maximum absolute atomic E-state index is 5.97. The van der Waals surface area contributed by atoms with Gasteiger partial charge in [-0.25, -0.2) is 0 Å². The highest BCUT2D eigenvalue weighted by Gasteiger charge is 2.18. The van der Waals surface area contributed by atoms with Crippen molar-refractivity contribution in [2.75, 3.05) is 18.0 Å². The lowest BCUT2D eigenvalue weighted by Gasteiger charge is -2.31. The molecule has 0 radical (unpaired) electrons. The van der Waals surface area contributed by atoms with Crippen LogP contribution in [0.3, 0.4) is 0 Å². The number of anilines is 1. The highest BCUT2D eigenvalue weighted by atomic mass is 15.3. The van der Waals surface area contributed by atoms with E-state index in [1.165, 1.54) is 0 Å². The van der Waals surface area contributed by atoms with Crippen LogP contribution in [-0.2, 0) is 6.42 Å². The van der Waals surface area contributed by atoms with Crippen LogP contribution in [-0.4, -0.2) is 29.3 Å². The van der Waals surface area contributed by atoms with Gasteiger partial charge in [-0.2, -0.15) is 5.10 Å². The molecule has 1 aliphatic rings. The van der Waals surface area contributed by atoms with E-state index in [0.29, 0.717) is 5.92 Å². The van der Waals surface area contributed by atoms with Gasteiger partial charge >= 0.3 is 0 Å². The smallest absolute Gasteiger partial charge is 0.151 e. The van der Waals surface area contributed by atoms with Crippen LogP contribution in [0.15, 0.2) is 12.1 Å². The molecule has 17 heavy (non-hydrogen) atoms. The maximum atomic E-state index is 5.97. The standard InChI is InChI=1S/C13H22N4/c1-10(2)8-12-5-6-13(16-15-12)17-7-3-4-11(14)9-17/h5-6,10-11H,3-4,7-9,14H2,1-2H3. The van der Waals surface area contributed by atoms with Gasteiger partial charge in [0.25, 0.3) is 0 Å². The average Bonchev–Trinajstić information content (AvgIpc) is 2.29. The molecule has 94 valence electrons. The van der Waals surface area contributed by atoms with E-state index in [9.17, 15) is 0 Å². The number of aromatic nitrogens is 2. The average molecular weight is 234 g/mol. The molecule has 1 aromatic rings. The second-order valence-electron chi connectivity index (χ2n) is 5.33. The summed E-state index contributed by atoms with van der Waals surface area (Å²) in [6.07, 6.45) is 3.26. The second kappa shape index (κ2) is 5.45. The van der Waals surface area contributed by atoms with E-state index in [1.54, 1.807) is 0 Å². The van der Waals surface area contributed by atoms with Crippen molar-refractivity contribution in [1.82, 2.24) is 10.2 Å². The zero-order valence-electron chi connectivity index (χ0n) is 10.8. The van der Waals surface area contributed by atoms with E-state index in [2.05, 4.69) is 41.1 Å². The molecule has 0 aromatic carbocycles. The van der Waals surface area contributed by atoms with Gasteiger partial charge in [0.2, 0.25) is 0 Å². The molecule has 0 bridgehead atoms. The number of nitrogens with two attached hydrogens (primary N) is 1. The van der Waals surface area contributed by atoms with Gasteiger partial charge < -0.3 is 10.6 Å². The fraction of sp³-hybridized carbons (Fsp3) is 0.692. The molecule has 1 saturated heterocycles. The molecule has 2 rings (SSSR count). The van der Waals surface area contributed by atoms with Crippen molar-refractivity contribution in [3.05, 3.63) is 17.8 Å². The van der Waals surface area contributed by atoms with Crippen molar-refractivity contribution in [3.63, 3.8) is 0 Å². The quantitative estimate of drug-likeness (QED) is 0.863. The van der Waals surface area contributed by atoms with Crippen molar-refractivity contribution >= 4 is 5.82 Å². The van der Waals surface area contributed by atoms with Crippen LogP contribution in [0, 0.1) is 5.92 Å². The summed E-state index contributed by atoms with van der Waals surface area (Å²) in [5, 5.41) is 8.60. The monoisotopic (exact) mass is 234 g/mol. The van der Waals surface area contributed by atoms with E-state index in [1.807, 2.05) is 0 Å². The maximum Gasteiger partial charge on any atom is 0.151 e. The summed E-state index contributed by atoms with van der Waals surface area (Å²) < 4.78 is 0. The van der Waals surface area contributed by atoms with Crippen LogP contribution >= 0.6 is 0 Å². The van der Waals surface area contributed by atoms with Crippen molar-refractivity contribution in [1.29, 1.82) is 0 Å². The summed E-state index contributed by atoms with van der Waals surface area (Å²) >= 11 is 0. The molecule has 1 aromatic heterocycles. The Labute approximate surface area is 103 Å². The van der Waals surface area contributed by atoms with Gasteiger partial charge in [0.1, 0.15) is 0 Å². The molecule has 0 amide bonds. The molecule has 2 N–H and O–H groups in total. The first kappa shape index (κ1) is 12.3. The molecule has 1 unspecified atom stereocenters. The molecule has 1 aliphatic heterocycles. The zero-order valence-corrected chi connectivity index (χ0v) is 10.8. The molecule has 2 heterocycles. The Kier molecular flexibility index (Phi) is 3.94. The summed E-state index contributed by atoms with van der Waals surface area (Å²) in [5.74, 6) is 1.59. The van der Waals surface area contributed by atoms with E-state index in [-0.39, 0.29) is 6.04 Å². The number of piperidine rings is 1. The van der Waals surface area contributed by atoms with Crippen molar-refractivity contribution in [2.45, 2.75) is 39.2 Å². The molecular weight excluding hydrogens is 212 g/mol. The largest absolute Gasteiger partial charge is 0.354 e. The molecule has 4 heteroatoms. The minimum absolute atomic E-state index is 0.279. The lowest BCUT2D eigenvalue weighted by Crippen LogP contribution is -2.43. The second-order valence-corrected chi connectivity index (χ2v) is 5.33. The van der Waals surface area contributed by atoms with E-state index in [0.717, 1.165) is 43.9 Å². The molecule has 1 fully saturated rings. The van der Waals surface area contributed by atoms with Gasteiger partial charge in [-0.3, -0.25) is 0 Å². The van der Waals surface area contributed by atoms with Crippen LogP contribution in [0.2, 0.25) is 0 Å². The van der Waals surface area contributed by atoms with Crippen LogP contribution in [0.1, 0.15) is 32.4 Å². The Hall–Kier alpha value is -1.16. The van der Waals surface area contributed by atoms with Crippen LogP contribution in [0.4, 0.5) is 5.82 Å². The number of nitrogens with zero attached hydrogens (tertiary/aromatic N) is 3. The lowest BCUT2D eigenvalue weighted by molar-refractivity contribution is 0.501. The normalized spacial score (nSPS) is 20.9. The minimum atomic E-state index is 0.279. The van der Waals surface area contributed by atoms with Crippen LogP contribution in [0.25, 0.3) is 0 Å². The molecule has 0 saturated carbocycles. The van der Waals surface area contributed by atoms with Crippen molar-refractivity contribution in [2.24, 2.45) is 11.7 Å². The highest BCUT2D eigenvalue weighted by molar-refractivity contribution is 5.38. The molecule has 0 spiro atoms. The highest BCUT2D eigenvalue weighted by Crippen LogP contribution is 2.16. The summed E-state index contributed by atoms with van der Waals surface area (Å²) in [6.45, 7) is 6.34. The Morgan fingerprint density at radius 1 is 1.41 bits per heavy atom. The zero-order chi connectivity index (χ0) is 12.3. The minimum Gasteiger partial charge on any atom is -0.354 e. The number of hydrogen-bond acceptors (Lipinski definition) is 4. The Morgan fingerprint density at radius 2 is 2.24 bits per heavy atom. The first-order chi connectivity index (χ1) is 8.15. The first-order valence-electron chi connectivity index (χ1n) is 6.48. The van der Waals surface area contributed by atoms with Gasteiger partial charge in [-0.05, 0) is 37.3 Å². The summed E-state index contributed by atoms with van der Waals surface area (Å²) in [7, 11) is 0. The third-order valence-corrected chi connectivity index (χ3v) is 3.10. The SMILES string of the molecule is CC(C)Cc1ccc(N2CCCC(N)C2)nn1. The van der Waals surface area contributed by atoms with Gasteiger partial charge in [-0.1, -0.05) is 13.8 Å². The topological polar surface area (TPSA) is 55.0 Å². The third-order valence-electron chi connectivity index (χ3n) is 3.10.